The van der Waals surface area contributed by atoms with Crippen molar-refractivity contribution < 1.29 is 13.9 Å². The van der Waals surface area contributed by atoms with Gasteiger partial charge in [-0.05, 0) is 75.7 Å². The first-order valence-electron chi connectivity index (χ1n) is 13.0. The number of hydrogen-bond acceptors (Lipinski definition) is 6. The van der Waals surface area contributed by atoms with E-state index >= 15 is 0 Å². The second-order valence-corrected chi connectivity index (χ2v) is 10.1. The van der Waals surface area contributed by atoms with E-state index in [9.17, 15) is 9.18 Å². The Morgan fingerprint density at radius 1 is 1.08 bits per heavy atom. The number of carbonyl (C=O) groups is 1. The standard InChI is InChI=1S/C30H28FN5O2/c1-19(37)22-7-8-26-28(16-22)36-14-11-27(30(36)34-26)35-12-9-21(10-13-35)25-3-2-4-29(33-25)38-18-23-6-5-20(17-32)15-24(23)31/h2-8,15-16,21,27H,9-14,18H2,1H3. The van der Waals surface area contributed by atoms with Crippen LogP contribution in [0.4, 0.5) is 4.39 Å². The molecule has 4 aromatic rings. The number of ketones is 1. The van der Waals surface area contributed by atoms with E-state index in [-0.39, 0.29) is 24.0 Å². The minimum absolute atomic E-state index is 0.0586. The molecule has 0 saturated carbocycles. The quantitative estimate of drug-likeness (QED) is 0.317. The number of rotatable bonds is 6. The number of pyridine rings is 1. The normalized spacial score (nSPS) is 17.9. The van der Waals surface area contributed by atoms with Gasteiger partial charge in [0.2, 0.25) is 5.88 Å². The Morgan fingerprint density at radius 2 is 1.92 bits per heavy atom. The number of carbonyl (C=O) groups excluding carboxylic acids is 1. The summed E-state index contributed by atoms with van der Waals surface area (Å²) in [5, 5.41) is 8.92. The number of aromatic nitrogens is 3. The number of aryl methyl sites for hydroxylation is 1. The van der Waals surface area contributed by atoms with Gasteiger partial charge in [-0.3, -0.25) is 9.69 Å². The fourth-order valence-electron chi connectivity index (χ4n) is 5.71. The lowest BCUT2D eigenvalue weighted by Crippen LogP contribution is -2.35. The third kappa shape index (κ3) is 4.54. The van der Waals surface area contributed by atoms with Gasteiger partial charge < -0.3 is 9.30 Å². The summed E-state index contributed by atoms with van der Waals surface area (Å²) < 4.78 is 22.3. The average Bonchev–Trinajstić information content (AvgIpc) is 3.51. The Morgan fingerprint density at radius 3 is 2.68 bits per heavy atom. The van der Waals surface area contributed by atoms with Crippen LogP contribution in [0.15, 0.2) is 54.6 Å². The molecule has 0 N–H and O–H groups in total. The Kier molecular flexibility index (Phi) is 6.38. The highest BCUT2D eigenvalue weighted by Gasteiger charge is 2.34. The lowest BCUT2D eigenvalue weighted by Gasteiger charge is -2.35. The highest BCUT2D eigenvalue weighted by Crippen LogP contribution is 2.38. The summed E-state index contributed by atoms with van der Waals surface area (Å²) in [5.74, 6) is 1.53. The van der Waals surface area contributed by atoms with Crippen LogP contribution in [0.5, 0.6) is 5.88 Å². The molecule has 0 radical (unpaired) electrons. The molecule has 0 spiro atoms. The van der Waals surface area contributed by atoms with Gasteiger partial charge in [0.05, 0.1) is 28.7 Å². The largest absolute Gasteiger partial charge is 0.473 e. The van der Waals surface area contributed by atoms with Crippen LogP contribution in [-0.4, -0.2) is 38.3 Å². The minimum Gasteiger partial charge on any atom is -0.473 e. The van der Waals surface area contributed by atoms with Crippen molar-refractivity contribution >= 4 is 16.8 Å². The molecule has 0 bridgehead atoms. The van der Waals surface area contributed by atoms with Crippen molar-refractivity contribution in [3.8, 4) is 11.9 Å². The molecule has 7 nitrogen and oxygen atoms in total. The summed E-state index contributed by atoms with van der Waals surface area (Å²) in [7, 11) is 0. The van der Waals surface area contributed by atoms with Crippen LogP contribution in [-0.2, 0) is 13.2 Å². The zero-order valence-electron chi connectivity index (χ0n) is 21.2. The average molecular weight is 510 g/mol. The first-order valence-corrected chi connectivity index (χ1v) is 13.0. The summed E-state index contributed by atoms with van der Waals surface area (Å²) in [6.45, 7) is 4.49. The lowest BCUT2D eigenvalue weighted by atomic mass is 9.92. The van der Waals surface area contributed by atoms with E-state index in [0.717, 1.165) is 67.0 Å². The van der Waals surface area contributed by atoms with Gasteiger partial charge in [0.15, 0.2) is 5.78 Å². The van der Waals surface area contributed by atoms with Crippen LogP contribution in [0.3, 0.4) is 0 Å². The van der Waals surface area contributed by atoms with Crippen molar-refractivity contribution in [1.29, 1.82) is 5.26 Å². The van der Waals surface area contributed by atoms with Gasteiger partial charge >= 0.3 is 0 Å². The van der Waals surface area contributed by atoms with Gasteiger partial charge in [-0.15, -0.1) is 0 Å². The van der Waals surface area contributed by atoms with Gasteiger partial charge in [0.1, 0.15) is 18.2 Å². The van der Waals surface area contributed by atoms with E-state index in [1.165, 1.54) is 6.07 Å². The molecule has 6 rings (SSSR count). The van der Waals surface area contributed by atoms with Crippen LogP contribution < -0.4 is 4.74 Å². The molecular formula is C30H28FN5O2. The summed E-state index contributed by atoms with van der Waals surface area (Å²) in [4.78, 5) is 24.0. The van der Waals surface area contributed by atoms with E-state index in [2.05, 4.69) is 9.47 Å². The van der Waals surface area contributed by atoms with Crippen molar-refractivity contribution in [3.05, 3.63) is 88.6 Å². The van der Waals surface area contributed by atoms with Crippen molar-refractivity contribution in [3.63, 3.8) is 0 Å². The van der Waals surface area contributed by atoms with E-state index in [4.69, 9.17) is 20.0 Å². The molecule has 0 aliphatic carbocycles. The van der Waals surface area contributed by atoms with Crippen LogP contribution in [0.1, 0.15) is 71.1 Å². The fourth-order valence-corrected chi connectivity index (χ4v) is 5.71. The fraction of sp³-hybridized carbons (Fsp3) is 0.333. The Labute approximate surface area is 220 Å². The maximum atomic E-state index is 14.2. The number of likely N-dealkylation sites (tertiary alicyclic amines) is 1. The van der Waals surface area contributed by atoms with Crippen LogP contribution in [0, 0.1) is 17.1 Å². The molecule has 1 fully saturated rings. The molecule has 2 aliphatic heterocycles. The summed E-state index contributed by atoms with van der Waals surface area (Å²) in [6, 6.07) is 18.2. The number of nitriles is 1. The molecule has 2 aliphatic rings. The minimum atomic E-state index is -0.452. The number of benzene rings is 2. The van der Waals surface area contributed by atoms with Gasteiger partial charge in [0.25, 0.3) is 0 Å². The van der Waals surface area contributed by atoms with Gasteiger partial charge in [-0.25, -0.2) is 14.4 Å². The number of nitrogens with zero attached hydrogens (tertiary/aromatic N) is 5. The number of Topliss-reactive ketones (excluding diaryl/α,β-unsaturated/α-hetero) is 1. The van der Waals surface area contributed by atoms with Gasteiger partial charge in [-0.2, -0.15) is 5.26 Å². The van der Waals surface area contributed by atoms with Crippen LogP contribution in [0.2, 0.25) is 0 Å². The molecule has 4 heterocycles. The zero-order chi connectivity index (χ0) is 26.2. The molecule has 2 aromatic carbocycles. The molecule has 1 unspecified atom stereocenters. The molecule has 1 saturated heterocycles. The number of halogens is 1. The van der Waals surface area contributed by atoms with Crippen LogP contribution >= 0.6 is 0 Å². The Hall–Kier alpha value is -4.09. The molecule has 192 valence electrons. The highest BCUT2D eigenvalue weighted by molar-refractivity contribution is 5.97. The molecule has 8 heteroatoms. The van der Waals surface area contributed by atoms with Gasteiger partial charge in [-0.1, -0.05) is 12.1 Å². The van der Waals surface area contributed by atoms with Crippen molar-refractivity contribution in [1.82, 2.24) is 19.4 Å². The maximum Gasteiger partial charge on any atom is 0.213 e. The van der Waals surface area contributed by atoms with E-state index in [1.54, 1.807) is 25.1 Å². The monoisotopic (exact) mass is 509 g/mol. The first-order chi connectivity index (χ1) is 18.5. The van der Waals surface area contributed by atoms with E-state index in [1.807, 2.05) is 36.4 Å². The predicted octanol–water partition coefficient (Wildman–Crippen LogP) is 5.55. The third-order valence-electron chi connectivity index (χ3n) is 7.80. The molecule has 1 atom stereocenters. The highest BCUT2D eigenvalue weighted by atomic mass is 19.1. The summed E-state index contributed by atoms with van der Waals surface area (Å²) in [6.07, 6.45) is 3.01. The third-order valence-corrected chi connectivity index (χ3v) is 7.80. The number of fused-ring (bicyclic) bond motifs is 3. The number of imidazole rings is 1. The topological polar surface area (TPSA) is 84.0 Å². The molecule has 0 amide bonds. The molecule has 2 aromatic heterocycles. The number of ether oxygens (including phenoxy) is 1. The SMILES string of the molecule is CC(=O)c1ccc2nc3n(c2c1)CCC3N1CCC(c2cccc(OCc3ccc(C#N)cc3F)n2)CC1. The predicted molar refractivity (Wildman–Crippen MR) is 140 cm³/mol. The molecule has 38 heavy (non-hydrogen) atoms. The number of piperidine rings is 1. The van der Waals surface area contributed by atoms with Crippen molar-refractivity contribution in [2.75, 3.05) is 13.1 Å². The Balaban J connectivity index is 1.10. The first kappa shape index (κ1) is 24.3. The summed E-state index contributed by atoms with van der Waals surface area (Å²) in [5.41, 5.74) is 4.40. The zero-order valence-corrected chi connectivity index (χ0v) is 21.2. The van der Waals surface area contributed by atoms with E-state index in [0.29, 0.717) is 17.4 Å². The lowest BCUT2D eigenvalue weighted by molar-refractivity contribution is 0.101. The second-order valence-electron chi connectivity index (χ2n) is 10.1. The van der Waals surface area contributed by atoms with Crippen molar-refractivity contribution in [2.45, 2.75) is 51.3 Å². The Bertz CT molecular complexity index is 1560. The summed E-state index contributed by atoms with van der Waals surface area (Å²) >= 11 is 0. The maximum absolute atomic E-state index is 14.2. The number of hydrogen-bond donors (Lipinski definition) is 0. The second kappa shape index (κ2) is 9.99. The molecular weight excluding hydrogens is 481 g/mol. The van der Waals surface area contributed by atoms with Crippen LogP contribution in [0.25, 0.3) is 11.0 Å². The van der Waals surface area contributed by atoms with Gasteiger partial charge in [0, 0.05) is 35.3 Å². The van der Waals surface area contributed by atoms with Crippen molar-refractivity contribution in [2.24, 2.45) is 0 Å². The smallest absolute Gasteiger partial charge is 0.213 e. The van der Waals surface area contributed by atoms with E-state index < -0.39 is 5.82 Å².